The number of anilines is 2. The zero-order valence-electron chi connectivity index (χ0n) is 9.55. The van der Waals surface area contributed by atoms with Gasteiger partial charge in [0.1, 0.15) is 0 Å². The largest absolute Gasteiger partial charge is 0.398 e. The molecule has 3 N–H and O–H groups in total. The SMILES string of the molecule is Cc1cc(NCCCS(C)=O)c(Br)cc1N. The van der Waals surface area contributed by atoms with Crippen LogP contribution in [0, 0.1) is 6.92 Å². The minimum Gasteiger partial charge on any atom is -0.398 e. The van der Waals surface area contributed by atoms with Crippen molar-refractivity contribution in [3.05, 3.63) is 22.2 Å². The summed E-state index contributed by atoms with van der Waals surface area (Å²) in [5.41, 5.74) is 8.67. The molecule has 1 aromatic carbocycles. The Balaban J connectivity index is 2.54. The van der Waals surface area contributed by atoms with Crippen molar-refractivity contribution in [2.75, 3.05) is 29.6 Å². The van der Waals surface area contributed by atoms with Gasteiger partial charge in [0.2, 0.25) is 0 Å². The smallest absolute Gasteiger partial charge is 0.0488 e. The highest BCUT2D eigenvalue weighted by Crippen LogP contribution is 2.27. The third-order valence-corrected chi connectivity index (χ3v) is 3.80. The highest BCUT2D eigenvalue weighted by molar-refractivity contribution is 9.10. The number of benzene rings is 1. The maximum absolute atomic E-state index is 10.9. The summed E-state index contributed by atoms with van der Waals surface area (Å²) in [5, 5.41) is 3.30. The molecule has 16 heavy (non-hydrogen) atoms. The molecule has 5 heteroatoms. The second-order valence-corrected chi connectivity index (χ2v) is 6.16. The van der Waals surface area contributed by atoms with E-state index in [4.69, 9.17) is 5.73 Å². The number of hydrogen-bond donors (Lipinski definition) is 2. The van der Waals surface area contributed by atoms with E-state index in [9.17, 15) is 4.21 Å². The Morgan fingerprint density at radius 3 is 2.81 bits per heavy atom. The number of aryl methyl sites for hydroxylation is 1. The van der Waals surface area contributed by atoms with Crippen molar-refractivity contribution in [3.8, 4) is 0 Å². The fourth-order valence-electron chi connectivity index (χ4n) is 1.33. The minimum absolute atomic E-state index is 0.709. The predicted molar refractivity (Wildman–Crippen MR) is 75.3 cm³/mol. The van der Waals surface area contributed by atoms with Gasteiger partial charge in [-0.1, -0.05) is 0 Å². The van der Waals surface area contributed by atoms with Crippen molar-refractivity contribution in [1.82, 2.24) is 0 Å². The van der Waals surface area contributed by atoms with Crippen LogP contribution >= 0.6 is 15.9 Å². The predicted octanol–water partition coefficient (Wildman–Crippen LogP) is 2.52. The number of hydrogen-bond acceptors (Lipinski definition) is 3. The lowest BCUT2D eigenvalue weighted by Crippen LogP contribution is -2.07. The molecule has 0 aliphatic rings. The van der Waals surface area contributed by atoms with Gasteiger partial charge in [-0.05, 0) is 47.0 Å². The second-order valence-electron chi connectivity index (χ2n) is 3.75. The first-order valence-corrected chi connectivity index (χ1v) is 7.62. The van der Waals surface area contributed by atoms with Crippen LogP contribution in [-0.4, -0.2) is 22.8 Å². The summed E-state index contributed by atoms with van der Waals surface area (Å²) < 4.78 is 11.8. The van der Waals surface area contributed by atoms with E-state index in [2.05, 4.69) is 21.2 Å². The van der Waals surface area contributed by atoms with Crippen LogP contribution in [0.3, 0.4) is 0 Å². The van der Waals surface area contributed by atoms with Crippen LogP contribution in [-0.2, 0) is 10.8 Å². The van der Waals surface area contributed by atoms with Gasteiger partial charge in [-0.2, -0.15) is 0 Å². The fraction of sp³-hybridized carbons (Fsp3) is 0.455. The van der Waals surface area contributed by atoms with Crippen molar-refractivity contribution < 1.29 is 4.21 Å². The molecule has 1 aromatic rings. The van der Waals surface area contributed by atoms with E-state index < -0.39 is 10.8 Å². The number of nitrogens with one attached hydrogen (secondary N) is 1. The number of nitrogens with two attached hydrogens (primary N) is 1. The molecule has 0 aliphatic carbocycles. The minimum atomic E-state index is -0.709. The highest BCUT2D eigenvalue weighted by Gasteiger charge is 2.02. The molecule has 0 radical (unpaired) electrons. The Kier molecular flexibility index (Phi) is 5.28. The van der Waals surface area contributed by atoms with Crippen molar-refractivity contribution in [3.63, 3.8) is 0 Å². The summed E-state index contributed by atoms with van der Waals surface area (Å²) in [5.74, 6) is 0.735. The van der Waals surface area contributed by atoms with Gasteiger partial charge in [-0.15, -0.1) is 0 Å². The maximum Gasteiger partial charge on any atom is 0.0488 e. The highest BCUT2D eigenvalue weighted by atomic mass is 79.9. The molecule has 3 nitrogen and oxygen atoms in total. The number of halogens is 1. The Morgan fingerprint density at radius 2 is 2.19 bits per heavy atom. The van der Waals surface area contributed by atoms with Gasteiger partial charge in [0.05, 0.1) is 0 Å². The molecule has 0 heterocycles. The van der Waals surface area contributed by atoms with Gasteiger partial charge >= 0.3 is 0 Å². The van der Waals surface area contributed by atoms with Gasteiger partial charge < -0.3 is 11.1 Å². The first-order chi connectivity index (χ1) is 7.50. The van der Waals surface area contributed by atoms with E-state index in [1.807, 2.05) is 19.1 Å². The summed E-state index contributed by atoms with van der Waals surface area (Å²) in [6, 6.07) is 3.91. The quantitative estimate of drug-likeness (QED) is 0.649. The molecule has 0 spiro atoms. The summed E-state index contributed by atoms with van der Waals surface area (Å²) >= 11 is 3.46. The van der Waals surface area contributed by atoms with Crippen molar-refractivity contribution in [2.24, 2.45) is 0 Å². The molecule has 0 saturated heterocycles. The van der Waals surface area contributed by atoms with Gasteiger partial charge in [-0.25, -0.2) is 0 Å². The summed E-state index contributed by atoms with van der Waals surface area (Å²) in [6.45, 7) is 2.80. The van der Waals surface area contributed by atoms with Crippen LogP contribution in [0.25, 0.3) is 0 Å². The van der Waals surface area contributed by atoms with Crippen LogP contribution in [0.5, 0.6) is 0 Å². The van der Waals surface area contributed by atoms with E-state index >= 15 is 0 Å². The second kappa shape index (κ2) is 6.25. The molecule has 1 unspecified atom stereocenters. The lowest BCUT2D eigenvalue weighted by atomic mass is 10.2. The number of rotatable bonds is 5. The van der Waals surface area contributed by atoms with Gasteiger partial charge in [0.25, 0.3) is 0 Å². The Hall–Kier alpha value is -0.550. The molecular weight excluding hydrogens is 288 g/mol. The third-order valence-electron chi connectivity index (χ3n) is 2.28. The monoisotopic (exact) mass is 304 g/mol. The maximum atomic E-state index is 10.9. The Labute approximate surface area is 107 Å². The van der Waals surface area contributed by atoms with Crippen molar-refractivity contribution in [1.29, 1.82) is 0 Å². The van der Waals surface area contributed by atoms with E-state index in [1.165, 1.54) is 0 Å². The Bertz CT molecular complexity index is 396. The van der Waals surface area contributed by atoms with E-state index in [-0.39, 0.29) is 0 Å². The zero-order valence-corrected chi connectivity index (χ0v) is 12.0. The van der Waals surface area contributed by atoms with Crippen LogP contribution < -0.4 is 11.1 Å². The van der Waals surface area contributed by atoms with Gasteiger partial charge in [-0.3, -0.25) is 4.21 Å². The molecule has 0 bridgehead atoms. The molecular formula is C11H17BrN2OS. The van der Waals surface area contributed by atoms with Crippen LogP contribution in [0.15, 0.2) is 16.6 Å². The number of nitrogen functional groups attached to an aromatic ring is 1. The summed E-state index contributed by atoms with van der Waals surface area (Å²) in [6.07, 6.45) is 2.63. The van der Waals surface area contributed by atoms with Crippen LogP contribution in [0.1, 0.15) is 12.0 Å². The first-order valence-electron chi connectivity index (χ1n) is 5.10. The van der Waals surface area contributed by atoms with Crippen molar-refractivity contribution >= 4 is 38.1 Å². The van der Waals surface area contributed by atoms with Gasteiger partial charge in [0, 0.05) is 45.2 Å². The molecule has 90 valence electrons. The molecule has 0 aromatic heterocycles. The molecule has 1 atom stereocenters. The molecule has 0 saturated carbocycles. The molecule has 0 fully saturated rings. The topological polar surface area (TPSA) is 55.1 Å². The van der Waals surface area contributed by atoms with E-state index in [0.717, 1.165) is 40.1 Å². The first kappa shape index (κ1) is 13.5. The summed E-state index contributed by atoms with van der Waals surface area (Å²) in [4.78, 5) is 0. The zero-order chi connectivity index (χ0) is 12.1. The average molecular weight is 305 g/mol. The standard InChI is InChI=1S/C11H17BrN2OS/c1-8-6-11(9(12)7-10(8)13)14-4-3-5-16(2)15/h6-7,14H,3-5,13H2,1-2H3. The normalized spacial score (nSPS) is 12.4. The van der Waals surface area contributed by atoms with Crippen LogP contribution in [0.2, 0.25) is 0 Å². The van der Waals surface area contributed by atoms with E-state index in [1.54, 1.807) is 6.26 Å². The van der Waals surface area contributed by atoms with Crippen LogP contribution in [0.4, 0.5) is 11.4 Å². The lowest BCUT2D eigenvalue weighted by Gasteiger charge is -2.10. The average Bonchev–Trinajstić information content (AvgIpc) is 2.19. The van der Waals surface area contributed by atoms with Gasteiger partial charge in [0.15, 0.2) is 0 Å². The Morgan fingerprint density at radius 1 is 1.50 bits per heavy atom. The van der Waals surface area contributed by atoms with Crippen molar-refractivity contribution in [2.45, 2.75) is 13.3 Å². The third kappa shape index (κ3) is 4.14. The lowest BCUT2D eigenvalue weighted by molar-refractivity contribution is 0.685. The van der Waals surface area contributed by atoms with E-state index in [0.29, 0.717) is 0 Å². The molecule has 1 rings (SSSR count). The summed E-state index contributed by atoms with van der Waals surface area (Å²) in [7, 11) is -0.709. The molecule has 0 aliphatic heterocycles. The molecule has 0 amide bonds. The fourth-order valence-corrected chi connectivity index (χ4v) is 2.38.